The molecule has 1 aromatic carbocycles. The molecule has 1 aromatic rings. The van der Waals surface area contributed by atoms with Crippen LogP contribution in [0.3, 0.4) is 0 Å². The number of hydrogen-bond acceptors (Lipinski definition) is 3. The summed E-state index contributed by atoms with van der Waals surface area (Å²) >= 11 is 0. The van der Waals surface area contributed by atoms with Crippen molar-refractivity contribution >= 4 is 11.7 Å². The predicted octanol–water partition coefficient (Wildman–Crippen LogP) is 2.14. The van der Waals surface area contributed by atoms with E-state index in [9.17, 15) is 4.79 Å². The lowest BCUT2D eigenvalue weighted by molar-refractivity contribution is 0.0942. The average molecular weight is 257 g/mol. The Balaban J connectivity index is 1.57. The monoisotopic (exact) mass is 257 g/mol. The van der Waals surface area contributed by atoms with Crippen molar-refractivity contribution in [2.75, 3.05) is 6.54 Å². The molecule has 19 heavy (non-hydrogen) atoms. The van der Waals surface area contributed by atoms with Crippen LogP contribution in [0.25, 0.3) is 0 Å². The van der Waals surface area contributed by atoms with Crippen LogP contribution in [0.5, 0.6) is 0 Å². The van der Waals surface area contributed by atoms with Gasteiger partial charge in [0, 0.05) is 18.0 Å². The van der Waals surface area contributed by atoms with Gasteiger partial charge < -0.3 is 0 Å². The first-order chi connectivity index (χ1) is 9.34. The van der Waals surface area contributed by atoms with E-state index in [4.69, 9.17) is 0 Å². The van der Waals surface area contributed by atoms with Crippen molar-refractivity contribution in [1.82, 2.24) is 10.9 Å². The molecule has 0 bridgehead atoms. The van der Waals surface area contributed by atoms with Gasteiger partial charge in [-0.25, -0.2) is 0 Å². The Labute approximate surface area is 113 Å². The normalized spacial score (nSPS) is 25.4. The third-order valence-electron chi connectivity index (χ3n) is 4.10. The molecule has 1 aliphatic carbocycles. The van der Waals surface area contributed by atoms with Gasteiger partial charge in [-0.05, 0) is 30.9 Å². The Hall–Kier alpha value is -1.84. The number of nitrogens with zero attached hydrogens (tertiary/aromatic N) is 1. The number of carbonyl (C=O) groups is 1. The highest BCUT2D eigenvalue weighted by atomic mass is 16.2. The summed E-state index contributed by atoms with van der Waals surface area (Å²) in [5.74, 6) is 2.06. The first kappa shape index (κ1) is 12.2. The zero-order valence-electron chi connectivity index (χ0n) is 10.9. The van der Waals surface area contributed by atoms with E-state index < -0.39 is 0 Å². The van der Waals surface area contributed by atoms with Gasteiger partial charge >= 0.3 is 0 Å². The van der Waals surface area contributed by atoms with Crippen molar-refractivity contribution in [2.45, 2.75) is 25.7 Å². The largest absolute Gasteiger partial charge is 0.285 e. The third kappa shape index (κ3) is 2.62. The van der Waals surface area contributed by atoms with E-state index in [0.29, 0.717) is 17.4 Å². The topological polar surface area (TPSA) is 53.5 Å². The minimum atomic E-state index is -0.109. The van der Waals surface area contributed by atoms with Crippen LogP contribution in [0.1, 0.15) is 36.0 Å². The van der Waals surface area contributed by atoms with Gasteiger partial charge in [-0.2, -0.15) is 0 Å². The Bertz CT molecular complexity index is 483. The van der Waals surface area contributed by atoms with E-state index in [0.717, 1.165) is 12.4 Å². The second-order valence-corrected chi connectivity index (χ2v) is 5.32. The molecule has 4 nitrogen and oxygen atoms in total. The fourth-order valence-electron chi connectivity index (χ4n) is 3.03. The summed E-state index contributed by atoms with van der Waals surface area (Å²) in [6.45, 7) is 0.911. The van der Waals surface area contributed by atoms with Crippen LogP contribution >= 0.6 is 0 Å². The number of carbonyl (C=O) groups excluding carboxylic acids is 1. The highest BCUT2D eigenvalue weighted by Gasteiger charge is 2.33. The minimum Gasteiger partial charge on any atom is -0.285 e. The molecule has 2 N–H and O–H groups in total. The molecule has 1 saturated carbocycles. The van der Waals surface area contributed by atoms with E-state index in [1.807, 2.05) is 18.2 Å². The molecule has 1 aliphatic heterocycles. The van der Waals surface area contributed by atoms with E-state index in [2.05, 4.69) is 15.8 Å². The molecule has 0 unspecified atom stereocenters. The van der Waals surface area contributed by atoms with Gasteiger partial charge in [-0.15, -0.1) is 0 Å². The molecule has 100 valence electrons. The standard InChI is InChI=1S/C15H19N3O/c19-15(11-6-2-1-3-7-11)18-17-14-13-9-5-4-8-12(13)10-16-14/h1-3,6-7,12-13H,4-5,8-10H2,(H,16,17)(H,18,19)/t12-,13-/m1/s1. The van der Waals surface area contributed by atoms with Crippen molar-refractivity contribution in [3.05, 3.63) is 35.9 Å². The van der Waals surface area contributed by atoms with Gasteiger partial charge in [-0.3, -0.25) is 20.6 Å². The number of amidine groups is 1. The number of rotatable bonds is 1. The van der Waals surface area contributed by atoms with Gasteiger partial charge in [0.2, 0.25) is 0 Å². The number of amides is 1. The van der Waals surface area contributed by atoms with Crippen LogP contribution in [-0.2, 0) is 0 Å². The van der Waals surface area contributed by atoms with Gasteiger partial charge in [0.25, 0.3) is 5.91 Å². The molecule has 0 aromatic heterocycles. The Kier molecular flexibility index (Phi) is 3.49. The maximum Gasteiger partial charge on any atom is 0.269 e. The molecule has 4 heteroatoms. The Morgan fingerprint density at radius 1 is 1.16 bits per heavy atom. The summed E-state index contributed by atoms with van der Waals surface area (Å²) in [6.07, 6.45) is 5.05. The number of hydrazine groups is 1. The van der Waals surface area contributed by atoms with Crippen molar-refractivity contribution in [1.29, 1.82) is 0 Å². The molecular weight excluding hydrogens is 238 g/mol. The number of benzene rings is 1. The summed E-state index contributed by atoms with van der Waals surface area (Å²) in [5.41, 5.74) is 6.44. The van der Waals surface area contributed by atoms with Crippen molar-refractivity contribution < 1.29 is 4.79 Å². The lowest BCUT2D eigenvalue weighted by Crippen LogP contribution is -2.44. The molecule has 2 aliphatic rings. The predicted molar refractivity (Wildman–Crippen MR) is 74.8 cm³/mol. The molecule has 2 atom stereocenters. The molecular formula is C15H19N3O. The zero-order valence-corrected chi connectivity index (χ0v) is 10.9. The number of hydrogen-bond donors (Lipinski definition) is 2. The van der Waals surface area contributed by atoms with Crippen molar-refractivity contribution in [3.8, 4) is 0 Å². The molecule has 3 rings (SSSR count). The van der Waals surface area contributed by atoms with Gasteiger partial charge in [0.15, 0.2) is 0 Å². The second-order valence-electron chi connectivity index (χ2n) is 5.32. The summed E-state index contributed by atoms with van der Waals surface area (Å²) < 4.78 is 0. The lowest BCUT2D eigenvalue weighted by atomic mass is 9.80. The quantitative estimate of drug-likeness (QED) is 0.757. The maximum atomic E-state index is 11.9. The maximum absolute atomic E-state index is 11.9. The average Bonchev–Trinajstić information content (AvgIpc) is 2.89. The third-order valence-corrected chi connectivity index (χ3v) is 4.10. The van der Waals surface area contributed by atoms with Crippen LogP contribution in [0, 0.1) is 11.8 Å². The molecule has 1 heterocycles. The summed E-state index contributed by atoms with van der Waals surface area (Å²) in [5, 5.41) is 0. The lowest BCUT2D eigenvalue weighted by Gasteiger charge is -2.26. The molecule has 1 amide bonds. The number of aliphatic imine (C=N–C) groups is 1. The highest BCUT2D eigenvalue weighted by Crippen LogP contribution is 2.34. The fraction of sp³-hybridized carbons (Fsp3) is 0.467. The number of fused-ring (bicyclic) bond motifs is 1. The van der Waals surface area contributed by atoms with E-state index in [1.165, 1.54) is 25.7 Å². The number of nitrogens with one attached hydrogen (secondary N) is 2. The van der Waals surface area contributed by atoms with Crippen molar-refractivity contribution in [3.63, 3.8) is 0 Å². The molecule has 0 saturated heterocycles. The minimum absolute atomic E-state index is 0.109. The summed E-state index contributed by atoms with van der Waals surface area (Å²) in [7, 11) is 0. The first-order valence-corrected chi connectivity index (χ1v) is 7.00. The van der Waals surface area contributed by atoms with Crippen LogP contribution < -0.4 is 10.9 Å². The molecule has 0 spiro atoms. The van der Waals surface area contributed by atoms with Gasteiger partial charge in [0.1, 0.15) is 5.84 Å². The second kappa shape index (κ2) is 5.43. The van der Waals surface area contributed by atoms with E-state index in [-0.39, 0.29) is 5.91 Å². The summed E-state index contributed by atoms with van der Waals surface area (Å²) in [4.78, 5) is 16.5. The van der Waals surface area contributed by atoms with E-state index >= 15 is 0 Å². The Morgan fingerprint density at radius 3 is 2.79 bits per heavy atom. The smallest absolute Gasteiger partial charge is 0.269 e. The zero-order chi connectivity index (χ0) is 13.1. The Morgan fingerprint density at radius 2 is 1.95 bits per heavy atom. The fourth-order valence-corrected chi connectivity index (χ4v) is 3.03. The molecule has 0 radical (unpaired) electrons. The SMILES string of the molecule is O=C(NNC1=NC[C@H]2CCCC[C@@H]12)c1ccccc1. The van der Waals surface area contributed by atoms with Crippen LogP contribution in [0.4, 0.5) is 0 Å². The molecule has 1 fully saturated rings. The van der Waals surface area contributed by atoms with E-state index in [1.54, 1.807) is 12.1 Å². The van der Waals surface area contributed by atoms with Gasteiger partial charge in [-0.1, -0.05) is 31.0 Å². The highest BCUT2D eigenvalue weighted by molar-refractivity contribution is 5.96. The van der Waals surface area contributed by atoms with Crippen LogP contribution in [-0.4, -0.2) is 18.3 Å². The van der Waals surface area contributed by atoms with Crippen molar-refractivity contribution in [2.24, 2.45) is 16.8 Å². The van der Waals surface area contributed by atoms with Crippen LogP contribution in [0.2, 0.25) is 0 Å². The summed E-state index contributed by atoms with van der Waals surface area (Å²) in [6, 6.07) is 9.23. The first-order valence-electron chi connectivity index (χ1n) is 7.00. The van der Waals surface area contributed by atoms with Crippen LogP contribution in [0.15, 0.2) is 35.3 Å². The van der Waals surface area contributed by atoms with Gasteiger partial charge in [0.05, 0.1) is 0 Å².